The molecule has 27 heavy (non-hydrogen) atoms. The minimum Gasteiger partial charge on any atom is -0.390 e. The molecule has 0 saturated heterocycles. The highest BCUT2D eigenvalue weighted by Crippen LogP contribution is 2.62. The fourth-order valence-corrected chi connectivity index (χ4v) is 7.10. The quantitative estimate of drug-likeness (QED) is 0.844. The summed E-state index contributed by atoms with van der Waals surface area (Å²) < 4.78 is 0.620. The molecule has 4 bridgehead atoms. The van der Waals surface area contributed by atoms with Crippen molar-refractivity contribution in [2.75, 3.05) is 7.05 Å². The van der Waals surface area contributed by atoms with E-state index < -0.39 is 5.60 Å². The van der Waals surface area contributed by atoms with E-state index in [-0.39, 0.29) is 16.9 Å². The topological polar surface area (TPSA) is 86.3 Å². The van der Waals surface area contributed by atoms with Crippen molar-refractivity contribution in [3.8, 4) is 0 Å². The highest BCUT2D eigenvalue weighted by atomic mass is 32.1. The Morgan fingerprint density at radius 3 is 2.81 bits per heavy atom. The first kappa shape index (κ1) is 17.4. The van der Waals surface area contributed by atoms with Gasteiger partial charge < -0.3 is 15.0 Å². The molecule has 2 aromatic heterocycles. The summed E-state index contributed by atoms with van der Waals surface area (Å²) in [7, 11) is 1.77. The lowest BCUT2D eigenvalue weighted by molar-refractivity contribution is -0.171. The molecule has 2 heterocycles. The van der Waals surface area contributed by atoms with Gasteiger partial charge in [-0.2, -0.15) is 0 Å². The van der Waals surface area contributed by atoms with Gasteiger partial charge in [-0.1, -0.05) is 0 Å². The molecule has 1 amide bonds. The number of aromatic amines is 1. The molecule has 0 aliphatic heterocycles. The van der Waals surface area contributed by atoms with Crippen molar-refractivity contribution < 1.29 is 9.90 Å². The van der Waals surface area contributed by atoms with E-state index in [1.807, 2.05) is 11.4 Å². The maximum atomic E-state index is 13.0. The first-order chi connectivity index (χ1) is 12.8. The lowest BCUT2D eigenvalue weighted by atomic mass is 9.47. The van der Waals surface area contributed by atoms with Gasteiger partial charge in [0.05, 0.1) is 17.7 Å². The molecule has 144 valence electrons. The molecule has 4 fully saturated rings. The van der Waals surface area contributed by atoms with E-state index in [9.17, 15) is 14.7 Å². The van der Waals surface area contributed by atoms with E-state index in [0.717, 1.165) is 32.1 Å². The summed E-state index contributed by atoms with van der Waals surface area (Å²) in [6, 6.07) is 1.83. The molecule has 2 unspecified atom stereocenters. The predicted molar refractivity (Wildman–Crippen MR) is 103 cm³/mol. The molecule has 0 spiro atoms. The molecule has 6 nitrogen and oxygen atoms in total. The maximum Gasteiger partial charge on any atom is 0.268 e. The summed E-state index contributed by atoms with van der Waals surface area (Å²) in [6.45, 7) is 0.299. The number of nitrogens with zero attached hydrogens (tertiary/aromatic N) is 2. The van der Waals surface area contributed by atoms with Gasteiger partial charge in [-0.05, 0) is 67.2 Å². The molecule has 7 heteroatoms. The van der Waals surface area contributed by atoms with Crippen LogP contribution < -0.4 is 5.56 Å². The summed E-state index contributed by atoms with van der Waals surface area (Å²) in [5.41, 5.74) is -0.0424. The largest absolute Gasteiger partial charge is 0.390 e. The summed E-state index contributed by atoms with van der Waals surface area (Å²) in [5.74, 6) is 1.75. The third-order valence-corrected chi connectivity index (χ3v) is 7.76. The molecule has 4 aliphatic carbocycles. The van der Waals surface area contributed by atoms with Crippen molar-refractivity contribution in [2.24, 2.45) is 17.3 Å². The summed E-state index contributed by atoms with van der Waals surface area (Å²) in [6.07, 6.45) is 6.46. The van der Waals surface area contributed by atoms with Crippen molar-refractivity contribution in [1.82, 2.24) is 14.9 Å². The van der Waals surface area contributed by atoms with Gasteiger partial charge in [0.1, 0.15) is 10.5 Å². The zero-order valence-electron chi connectivity index (χ0n) is 15.5. The minimum atomic E-state index is -0.542. The van der Waals surface area contributed by atoms with E-state index in [2.05, 4.69) is 9.97 Å². The van der Waals surface area contributed by atoms with Crippen LogP contribution in [0.1, 0.15) is 50.8 Å². The Kier molecular flexibility index (Phi) is 3.78. The number of fused-ring (bicyclic) bond motifs is 1. The van der Waals surface area contributed by atoms with E-state index in [0.29, 0.717) is 40.8 Å². The Bertz CT molecular complexity index is 951. The van der Waals surface area contributed by atoms with Crippen LogP contribution in [0.15, 0.2) is 16.2 Å². The summed E-state index contributed by atoms with van der Waals surface area (Å²) >= 11 is 1.37. The Labute approximate surface area is 161 Å². The third kappa shape index (κ3) is 3.01. The zero-order valence-corrected chi connectivity index (χ0v) is 16.3. The number of aromatic nitrogens is 2. The third-order valence-electron chi connectivity index (χ3n) is 6.85. The second kappa shape index (κ2) is 5.88. The molecule has 4 aliphatic rings. The number of rotatable bonds is 4. The molecule has 2 aromatic rings. The lowest BCUT2D eigenvalue weighted by Crippen LogP contribution is -2.56. The second-order valence-corrected chi connectivity index (χ2v) is 10.2. The Morgan fingerprint density at radius 2 is 2.11 bits per heavy atom. The summed E-state index contributed by atoms with van der Waals surface area (Å²) in [4.78, 5) is 34.0. The average molecular weight is 388 g/mol. The lowest BCUT2D eigenvalue weighted by Gasteiger charge is -2.60. The number of hydrogen-bond donors (Lipinski definition) is 2. The monoisotopic (exact) mass is 387 g/mol. The van der Waals surface area contributed by atoms with Gasteiger partial charge in [0, 0.05) is 13.5 Å². The van der Waals surface area contributed by atoms with Gasteiger partial charge in [0.2, 0.25) is 5.91 Å². The average Bonchev–Trinajstić information content (AvgIpc) is 3.01. The second-order valence-electron chi connectivity index (χ2n) is 9.26. The number of nitrogens with one attached hydrogen (secondary N) is 1. The number of carbonyl (C=O) groups is 1. The molecule has 2 N–H and O–H groups in total. The van der Waals surface area contributed by atoms with Gasteiger partial charge in [-0.25, -0.2) is 4.98 Å². The number of thiophene rings is 1. The number of carbonyl (C=O) groups excluding carboxylic acids is 1. The van der Waals surface area contributed by atoms with E-state index >= 15 is 0 Å². The van der Waals surface area contributed by atoms with Crippen LogP contribution in [0.5, 0.6) is 0 Å². The van der Waals surface area contributed by atoms with Crippen LogP contribution in [0.4, 0.5) is 0 Å². The Balaban J connectivity index is 1.31. The summed E-state index contributed by atoms with van der Waals surface area (Å²) in [5, 5.41) is 12.7. The fourth-order valence-electron chi connectivity index (χ4n) is 6.37. The van der Waals surface area contributed by atoms with Gasteiger partial charge >= 0.3 is 0 Å². The normalized spacial score (nSPS) is 34.3. The minimum absolute atomic E-state index is 0.0394. The molecule has 6 rings (SSSR count). The van der Waals surface area contributed by atoms with Gasteiger partial charge in [0.25, 0.3) is 5.56 Å². The molecule has 0 aromatic carbocycles. The van der Waals surface area contributed by atoms with Crippen LogP contribution in [0.2, 0.25) is 0 Å². The number of aliphatic hydroxyl groups is 1. The molecule has 4 saturated carbocycles. The highest BCUT2D eigenvalue weighted by Gasteiger charge is 2.57. The van der Waals surface area contributed by atoms with Crippen molar-refractivity contribution in [2.45, 2.75) is 57.1 Å². The first-order valence-corrected chi connectivity index (χ1v) is 10.6. The number of H-pyrrole nitrogens is 1. The van der Waals surface area contributed by atoms with Gasteiger partial charge in [-0.3, -0.25) is 9.59 Å². The van der Waals surface area contributed by atoms with Crippen LogP contribution >= 0.6 is 11.3 Å². The SMILES string of the molecule is CN(Cc1nc2ccsc2c(=O)[nH]1)C(=O)CC12CC3CC(CC(O)(C3)C1)C2. The number of hydrogen-bond acceptors (Lipinski definition) is 5. The molecular weight excluding hydrogens is 362 g/mol. The molecule has 2 atom stereocenters. The smallest absolute Gasteiger partial charge is 0.268 e. The zero-order chi connectivity index (χ0) is 18.8. The van der Waals surface area contributed by atoms with E-state index in [1.165, 1.54) is 17.8 Å². The van der Waals surface area contributed by atoms with Crippen LogP contribution in [-0.4, -0.2) is 38.5 Å². The van der Waals surface area contributed by atoms with Crippen LogP contribution in [0, 0.1) is 17.3 Å². The highest BCUT2D eigenvalue weighted by molar-refractivity contribution is 7.17. The predicted octanol–water partition coefficient (Wildman–Crippen LogP) is 2.66. The van der Waals surface area contributed by atoms with Gasteiger partial charge in [0.15, 0.2) is 0 Å². The molecule has 0 radical (unpaired) electrons. The molecular formula is C20H25N3O3S. The van der Waals surface area contributed by atoms with Crippen molar-refractivity contribution in [3.63, 3.8) is 0 Å². The van der Waals surface area contributed by atoms with E-state index in [1.54, 1.807) is 11.9 Å². The Hall–Kier alpha value is -1.73. The van der Waals surface area contributed by atoms with Crippen LogP contribution in [-0.2, 0) is 11.3 Å². The Morgan fingerprint density at radius 1 is 1.37 bits per heavy atom. The van der Waals surface area contributed by atoms with Gasteiger partial charge in [-0.15, -0.1) is 11.3 Å². The fraction of sp³-hybridized carbons (Fsp3) is 0.650. The van der Waals surface area contributed by atoms with Crippen molar-refractivity contribution in [1.29, 1.82) is 0 Å². The maximum absolute atomic E-state index is 13.0. The first-order valence-electron chi connectivity index (χ1n) is 9.76. The van der Waals surface area contributed by atoms with E-state index in [4.69, 9.17) is 0 Å². The van der Waals surface area contributed by atoms with Crippen LogP contribution in [0.25, 0.3) is 10.2 Å². The van der Waals surface area contributed by atoms with Crippen molar-refractivity contribution >= 4 is 27.5 Å². The standard InChI is InChI=1S/C20H25N3O3S/c1-23(10-15-21-14-2-3-27-17(14)18(25)22-15)16(24)9-19-5-12-4-13(6-19)8-20(26,7-12)11-19/h2-3,12-13,26H,4-11H2,1H3,(H,21,22,25). The van der Waals surface area contributed by atoms with Crippen molar-refractivity contribution in [3.05, 3.63) is 27.6 Å². The van der Waals surface area contributed by atoms with Crippen LogP contribution in [0.3, 0.4) is 0 Å². The number of amides is 1.